The van der Waals surface area contributed by atoms with E-state index >= 15 is 0 Å². The zero-order chi connectivity index (χ0) is 16.0. The van der Waals surface area contributed by atoms with Crippen molar-refractivity contribution < 1.29 is 0 Å². The molecule has 3 aromatic carbocycles. The number of thioether (sulfide) groups is 1. The second-order valence-corrected chi connectivity index (χ2v) is 8.44. The van der Waals surface area contributed by atoms with E-state index < -0.39 is 0 Å². The molecule has 0 spiro atoms. The first-order valence-corrected chi connectivity index (χ1v) is 10.3. The molecule has 0 fully saturated rings. The lowest BCUT2D eigenvalue weighted by atomic mass is 10.0. The highest BCUT2D eigenvalue weighted by atomic mass is 79.9. The molecule has 0 aliphatic rings. The lowest BCUT2D eigenvalue weighted by molar-refractivity contribution is 1.44. The summed E-state index contributed by atoms with van der Waals surface area (Å²) in [5, 5.41) is 3.42. The highest BCUT2D eigenvalue weighted by Crippen LogP contribution is 2.44. The molecule has 0 aliphatic carbocycles. The third-order valence-corrected chi connectivity index (χ3v) is 6.84. The molecule has 0 bridgehead atoms. The fourth-order valence-electron chi connectivity index (χ4n) is 2.93. The molecule has 23 heavy (non-hydrogen) atoms. The van der Waals surface area contributed by atoms with Crippen LogP contribution in [0.1, 0.15) is 0 Å². The van der Waals surface area contributed by atoms with Crippen LogP contribution in [0.4, 0.5) is 0 Å². The monoisotopic (exact) mass is 418 g/mol. The number of benzene rings is 3. The first-order valence-electron chi connectivity index (χ1n) is 7.12. The van der Waals surface area contributed by atoms with E-state index in [-0.39, 0.29) is 0 Å². The van der Waals surface area contributed by atoms with Crippen molar-refractivity contribution in [2.75, 3.05) is 6.26 Å². The van der Waals surface area contributed by atoms with Gasteiger partial charge in [0, 0.05) is 35.1 Å². The second-order valence-electron chi connectivity index (χ2n) is 5.25. The van der Waals surface area contributed by atoms with E-state index in [9.17, 15) is 0 Å². The maximum atomic E-state index is 6.47. The van der Waals surface area contributed by atoms with E-state index in [0.717, 1.165) is 14.4 Å². The van der Waals surface area contributed by atoms with Crippen molar-refractivity contribution in [2.45, 2.75) is 4.90 Å². The van der Waals surface area contributed by atoms with Crippen molar-refractivity contribution in [1.82, 2.24) is 0 Å². The van der Waals surface area contributed by atoms with Gasteiger partial charge >= 0.3 is 0 Å². The molecule has 4 aromatic rings. The number of hydrogen-bond donors (Lipinski definition) is 0. The number of hydrogen-bond acceptors (Lipinski definition) is 2. The Morgan fingerprint density at radius 2 is 1.74 bits per heavy atom. The van der Waals surface area contributed by atoms with Gasteiger partial charge in [0.2, 0.25) is 0 Å². The minimum atomic E-state index is 0.792. The van der Waals surface area contributed by atoms with Crippen LogP contribution in [-0.2, 0) is 0 Å². The predicted molar refractivity (Wildman–Crippen MR) is 109 cm³/mol. The maximum Gasteiger partial charge on any atom is 0.0559 e. The Hall–Kier alpha value is -1.00. The fraction of sp³-hybridized carbons (Fsp3) is 0.0526. The Morgan fingerprint density at radius 3 is 2.57 bits per heavy atom. The summed E-state index contributed by atoms with van der Waals surface area (Å²) in [6, 6.07) is 19.2. The van der Waals surface area contributed by atoms with Crippen LogP contribution in [-0.4, -0.2) is 6.26 Å². The quantitative estimate of drug-likeness (QED) is 0.298. The van der Waals surface area contributed by atoms with Crippen LogP contribution in [0.15, 0.2) is 64.0 Å². The van der Waals surface area contributed by atoms with Gasteiger partial charge in [-0.25, -0.2) is 0 Å². The normalized spacial score (nSPS) is 11.4. The average molecular weight is 420 g/mol. The molecule has 0 N–H and O–H groups in total. The van der Waals surface area contributed by atoms with E-state index in [1.54, 1.807) is 11.8 Å². The van der Waals surface area contributed by atoms with Crippen LogP contribution < -0.4 is 0 Å². The smallest absolute Gasteiger partial charge is 0.0559 e. The summed E-state index contributed by atoms with van der Waals surface area (Å²) in [5.74, 6) is 0. The van der Waals surface area contributed by atoms with Crippen LogP contribution in [0.3, 0.4) is 0 Å². The molecule has 0 amide bonds. The highest BCUT2D eigenvalue weighted by Gasteiger charge is 2.15. The lowest BCUT2D eigenvalue weighted by Gasteiger charge is -2.11. The summed E-state index contributed by atoms with van der Waals surface area (Å²) in [6.45, 7) is 0. The number of halogens is 2. The largest absolute Gasteiger partial charge is 0.135 e. The van der Waals surface area contributed by atoms with Crippen molar-refractivity contribution >= 4 is 70.8 Å². The second kappa shape index (κ2) is 6.14. The molecule has 0 saturated heterocycles. The minimum Gasteiger partial charge on any atom is -0.135 e. The fourth-order valence-corrected chi connectivity index (χ4v) is 5.84. The van der Waals surface area contributed by atoms with Crippen molar-refractivity contribution in [1.29, 1.82) is 0 Å². The number of thiophene rings is 1. The molecule has 114 valence electrons. The SMILES string of the molecule is CSc1c(Cl)cc(Br)cc1-c1cccc2c1sc1ccccc12. The molecule has 0 nitrogen and oxygen atoms in total. The predicted octanol–water partition coefficient (Wildman–Crippen LogP) is 7.86. The van der Waals surface area contributed by atoms with Gasteiger partial charge in [0.05, 0.1) is 5.02 Å². The van der Waals surface area contributed by atoms with Gasteiger partial charge in [-0.3, -0.25) is 0 Å². The van der Waals surface area contributed by atoms with Crippen LogP contribution in [0.5, 0.6) is 0 Å². The zero-order valence-electron chi connectivity index (χ0n) is 12.3. The van der Waals surface area contributed by atoms with Crippen molar-refractivity contribution in [3.8, 4) is 11.1 Å². The summed E-state index contributed by atoms with van der Waals surface area (Å²) in [5.41, 5.74) is 2.44. The summed E-state index contributed by atoms with van der Waals surface area (Å²) in [7, 11) is 0. The Morgan fingerprint density at radius 1 is 0.957 bits per heavy atom. The topological polar surface area (TPSA) is 0 Å². The van der Waals surface area contributed by atoms with Gasteiger partial charge in [0.25, 0.3) is 0 Å². The molecule has 4 heteroatoms. The van der Waals surface area contributed by atoms with E-state index in [1.807, 2.05) is 17.4 Å². The molecule has 1 heterocycles. The molecular weight excluding hydrogens is 408 g/mol. The molecule has 4 rings (SSSR count). The molecule has 0 atom stereocenters. The lowest BCUT2D eigenvalue weighted by Crippen LogP contribution is -1.85. The Kier molecular flexibility index (Phi) is 4.14. The summed E-state index contributed by atoms with van der Waals surface area (Å²) >= 11 is 13.6. The molecule has 0 aliphatic heterocycles. The Labute approximate surface area is 156 Å². The maximum absolute atomic E-state index is 6.47. The summed E-state index contributed by atoms with van der Waals surface area (Å²) in [4.78, 5) is 1.12. The van der Waals surface area contributed by atoms with Gasteiger partial charge in [-0.05, 0) is 30.0 Å². The van der Waals surface area contributed by atoms with E-state index in [0.29, 0.717) is 0 Å². The van der Waals surface area contributed by atoms with Gasteiger partial charge in [0.15, 0.2) is 0 Å². The molecule has 0 unspecified atom stereocenters. The van der Waals surface area contributed by atoms with E-state index in [1.165, 1.54) is 31.3 Å². The number of rotatable bonds is 2. The summed E-state index contributed by atoms with van der Waals surface area (Å²) < 4.78 is 3.65. The molecule has 1 aromatic heterocycles. The standard InChI is InChI=1S/C19H12BrClS2/c1-22-19-15(9-11(20)10-16(19)21)14-7-4-6-13-12-5-2-3-8-17(12)23-18(13)14/h2-10H,1H3. The molecule has 0 radical (unpaired) electrons. The van der Waals surface area contributed by atoms with Gasteiger partial charge in [0.1, 0.15) is 0 Å². The van der Waals surface area contributed by atoms with Crippen LogP contribution in [0.2, 0.25) is 5.02 Å². The Balaban J connectivity index is 2.11. The van der Waals surface area contributed by atoms with Gasteiger partial charge in [-0.1, -0.05) is 63.9 Å². The van der Waals surface area contributed by atoms with Crippen LogP contribution >= 0.6 is 50.6 Å². The average Bonchev–Trinajstić information content (AvgIpc) is 2.93. The Bertz CT molecular complexity index is 1040. The third-order valence-electron chi connectivity index (χ3n) is 3.91. The first-order chi connectivity index (χ1) is 11.2. The molecule has 0 saturated carbocycles. The van der Waals surface area contributed by atoms with E-state index in [4.69, 9.17) is 11.6 Å². The van der Waals surface area contributed by atoms with Gasteiger partial charge in [-0.2, -0.15) is 0 Å². The van der Waals surface area contributed by atoms with Crippen molar-refractivity contribution in [3.63, 3.8) is 0 Å². The number of fused-ring (bicyclic) bond motifs is 3. The third kappa shape index (κ3) is 2.60. The van der Waals surface area contributed by atoms with Crippen LogP contribution in [0.25, 0.3) is 31.3 Å². The van der Waals surface area contributed by atoms with E-state index in [2.05, 4.69) is 70.7 Å². The zero-order valence-corrected chi connectivity index (χ0v) is 16.2. The van der Waals surface area contributed by atoms with Crippen molar-refractivity contribution in [2.24, 2.45) is 0 Å². The minimum absolute atomic E-state index is 0.792. The first kappa shape index (κ1) is 15.5. The van der Waals surface area contributed by atoms with Crippen molar-refractivity contribution in [3.05, 3.63) is 64.1 Å². The van der Waals surface area contributed by atoms with Crippen LogP contribution in [0, 0.1) is 0 Å². The van der Waals surface area contributed by atoms with Gasteiger partial charge < -0.3 is 0 Å². The molecular formula is C19H12BrClS2. The summed E-state index contributed by atoms with van der Waals surface area (Å²) in [6.07, 6.45) is 2.07. The highest BCUT2D eigenvalue weighted by molar-refractivity contribution is 9.10. The van der Waals surface area contributed by atoms with Gasteiger partial charge in [-0.15, -0.1) is 23.1 Å².